The van der Waals surface area contributed by atoms with Crippen molar-refractivity contribution in [3.8, 4) is 5.75 Å². The Morgan fingerprint density at radius 1 is 1.15 bits per heavy atom. The molecule has 3 nitrogen and oxygen atoms in total. The highest BCUT2D eigenvalue weighted by molar-refractivity contribution is 5.99. The number of aliphatic hydroxyl groups is 1. The van der Waals surface area contributed by atoms with Gasteiger partial charge in [0.25, 0.3) is 0 Å². The highest BCUT2D eigenvalue weighted by Gasteiger charge is 2.17. The zero-order chi connectivity index (χ0) is 14.5. The number of Topliss-reactive ketones (excluding diaryl/α,β-unsaturated/α-hetero) is 1. The zero-order valence-corrected chi connectivity index (χ0v) is 11.7. The van der Waals surface area contributed by atoms with Gasteiger partial charge in [0.05, 0.1) is 6.61 Å². The number of aliphatic hydroxyl groups excluding tert-OH is 1. The van der Waals surface area contributed by atoms with Crippen LogP contribution in [0.4, 0.5) is 0 Å². The van der Waals surface area contributed by atoms with E-state index in [1.807, 2.05) is 31.2 Å². The van der Waals surface area contributed by atoms with Crippen molar-refractivity contribution in [2.24, 2.45) is 0 Å². The summed E-state index contributed by atoms with van der Waals surface area (Å²) in [5, 5.41) is 9.25. The fourth-order valence-corrected chi connectivity index (χ4v) is 1.95. The minimum atomic E-state index is -0.592. The van der Waals surface area contributed by atoms with E-state index >= 15 is 0 Å². The van der Waals surface area contributed by atoms with Gasteiger partial charge in [0.2, 0.25) is 5.78 Å². The molecule has 0 aliphatic carbocycles. The lowest BCUT2D eigenvalue weighted by molar-refractivity contribution is 0.0814. The second-order valence-corrected chi connectivity index (χ2v) is 4.76. The molecule has 1 N–H and O–H groups in total. The summed E-state index contributed by atoms with van der Waals surface area (Å²) in [5.41, 5.74) is 2.42. The number of hydrogen-bond donors (Lipinski definition) is 1. The van der Waals surface area contributed by atoms with Gasteiger partial charge in [-0.15, -0.1) is 0 Å². The first kappa shape index (κ1) is 14.3. The highest BCUT2D eigenvalue weighted by Crippen LogP contribution is 2.20. The van der Waals surface area contributed by atoms with E-state index in [-0.39, 0.29) is 12.4 Å². The van der Waals surface area contributed by atoms with Crippen molar-refractivity contribution in [3.63, 3.8) is 0 Å². The Bertz CT molecular complexity index is 587. The molecule has 0 bridgehead atoms. The number of ketones is 1. The lowest BCUT2D eigenvalue weighted by Gasteiger charge is -2.16. The largest absolute Gasteiger partial charge is 0.482 e. The Kier molecular flexibility index (Phi) is 4.53. The summed E-state index contributed by atoms with van der Waals surface area (Å²) in [6, 6.07) is 14.6. The minimum Gasteiger partial charge on any atom is -0.482 e. The molecule has 1 unspecified atom stereocenters. The number of benzene rings is 2. The molecular formula is C17H18O3. The van der Waals surface area contributed by atoms with Gasteiger partial charge in [0, 0.05) is 11.1 Å². The third-order valence-corrected chi connectivity index (χ3v) is 3.15. The van der Waals surface area contributed by atoms with Crippen molar-refractivity contribution in [3.05, 3.63) is 65.2 Å². The first-order valence-electron chi connectivity index (χ1n) is 6.58. The van der Waals surface area contributed by atoms with Gasteiger partial charge in [-0.2, -0.15) is 0 Å². The number of aryl methyl sites for hydroxylation is 1. The Morgan fingerprint density at radius 2 is 1.80 bits per heavy atom. The fourth-order valence-electron chi connectivity index (χ4n) is 1.95. The molecule has 0 saturated heterocycles. The van der Waals surface area contributed by atoms with Gasteiger partial charge in [-0.3, -0.25) is 4.79 Å². The molecule has 0 spiro atoms. The Labute approximate surface area is 118 Å². The maximum Gasteiger partial charge on any atom is 0.202 e. The van der Waals surface area contributed by atoms with Gasteiger partial charge in [-0.05, 0) is 19.9 Å². The molecule has 1 atom stereocenters. The molecule has 2 aromatic rings. The number of para-hydroxylation sites is 1. The monoisotopic (exact) mass is 270 g/mol. The summed E-state index contributed by atoms with van der Waals surface area (Å²) in [4.78, 5) is 12.3. The van der Waals surface area contributed by atoms with Crippen molar-refractivity contribution in [2.45, 2.75) is 26.6 Å². The number of carbonyl (C=O) groups is 1. The summed E-state index contributed by atoms with van der Waals surface area (Å²) in [7, 11) is 0. The van der Waals surface area contributed by atoms with Crippen LogP contribution in [-0.4, -0.2) is 17.0 Å². The smallest absolute Gasteiger partial charge is 0.202 e. The van der Waals surface area contributed by atoms with Crippen LogP contribution < -0.4 is 4.74 Å². The predicted molar refractivity (Wildman–Crippen MR) is 78.0 cm³/mol. The normalized spacial score (nSPS) is 11.9. The molecule has 0 fully saturated rings. The van der Waals surface area contributed by atoms with Crippen molar-refractivity contribution in [2.75, 3.05) is 0 Å². The molecule has 0 aromatic heterocycles. The lowest BCUT2D eigenvalue weighted by Crippen LogP contribution is -2.24. The van der Waals surface area contributed by atoms with E-state index in [4.69, 9.17) is 4.74 Å². The SMILES string of the molecule is Cc1ccc(C(=O)C(C)Oc2ccccc2CO)cc1. The molecular weight excluding hydrogens is 252 g/mol. The molecule has 0 aliphatic heterocycles. The number of rotatable bonds is 5. The molecule has 0 heterocycles. The van der Waals surface area contributed by atoms with Crippen molar-refractivity contribution < 1.29 is 14.6 Å². The average Bonchev–Trinajstić information content (AvgIpc) is 2.48. The quantitative estimate of drug-likeness (QED) is 0.849. The maximum absolute atomic E-state index is 12.3. The van der Waals surface area contributed by atoms with Crippen LogP contribution in [0.15, 0.2) is 48.5 Å². The van der Waals surface area contributed by atoms with Crippen LogP contribution >= 0.6 is 0 Å². The molecule has 0 aliphatic rings. The van der Waals surface area contributed by atoms with Gasteiger partial charge >= 0.3 is 0 Å². The minimum absolute atomic E-state index is 0.0715. The fraction of sp³-hybridized carbons (Fsp3) is 0.235. The zero-order valence-electron chi connectivity index (χ0n) is 11.7. The van der Waals surface area contributed by atoms with E-state index in [9.17, 15) is 9.90 Å². The van der Waals surface area contributed by atoms with Crippen LogP contribution in [0.25, 0.3) is 0 Å². The van der Waals surface area contributed by atoms with Crippen LogP contribution in [-0.2, 0) is 6.61 Å². The van der Waals surface area contributed by atoms with E-state index < -0.39 is 6.10 Å². The van der Waals surface area contributed by atoms with Crippen LogP contribution in [0.2, 0.25) is 0 Å². The molecule has 3 heteroatoms. The van der Waals surface area contributed by atoms with E-state index in [2.05, 4.69) is 0 Å². The molecule has 2 rings (SSSR count). The third-order valence-electron chi connectivity index (χ3n) is 3.15. The summed E-state index contributed by atoms with van der Waals surface area (Å²) in [6.45, 7) is 3.59. The third kappa shape index (κ3) is 3.25. The van der Waals surface area contributed by atoms with Crippen molar-refractivity contribution >= 4 is 5.78 Å². The van der Waals surface area contributed by atoms with E-state index in [0.717, 1.165) is 5.56 Å². The van der Waals surface area contributed by atoms with Crippen molar-refractivity contribution in [1.29, 1.82) is 0 Å². The van der Waals surface area contributed by atoms with Crippen molar-refractivity contribution in [1.82, 2.24) is 0 Å². The van der Waals surface area contributed by atoms with Crippen LogP contribution in [0.1, 0.15) is 28.4 Å². The first-order chi connectivity index (χ1) is 9.61. The molecule has 20 heavy (non-hydrogen) atoms. The van der Waals surface area contributed by atoms with Gasteiger partial charge in [0.15, 0.2) is 6.10 Å². The Balaban J connectivity index is 2.13. The Hall–Kier alpha value is -2.13. The molecule has 0 radical (unpaired) electrons. The summed E-state index contributed by atoms with van der Waals surface area (Å²) in [6.07, 6.45) is -0.592. The van der Waals surface area contributed by atoms with Gasteiger partial charge in [-0.1, -0.05) is 48.0 Å². The molecule has 2 aromatic carbocycles. The summed E-state index contributed by atoms with van der Waals surface area (Å²) in [5.74, 6) is 0.473. The van der Waals surface area contributed by atoms with Crippen LogP contribution in [0, 0.1) is 6.92 Å². The van der Waals surface area contributed by atoms with Gasteiger partial charge < -0.3 is 9.84 Å². The van der Waals surface area contributed by atoms with Gasteiger partial charge in [0.1, 0.15) is 5.75 Å². The van der Waals surface area contributed by atoms with E-state index in [1.54, 1.807) is 31.2 Å². The topological polar surface area (TPSA) is 46.5 Å². The number of carbonyl (C=O) groups excluding carboxylic acids is 1. The summed E-state index contributed by atoms with van der Waals surface area (Å²) >= 11 is 0. The van der Waals surface area contributed by atoms with Crippen LogP contribution in [0.3, 0.4) is 0 Å². The average molecular weight is 270 g/mol. The second-order valence-electron chi connectivity index (χ2n) is 4.76. The molecule has 0 amide bonds. The first-order valence-corrected chi connectivity index (χ1v) is 6.58. The second kappa shape index (κ2) is 6.35. The Morgan fingerprint density at radius 3 is 2.45 bits per heavy atom. The molecule has 0 saturated carbocycles. The van der Waals surface area contributed by atoms with E-state index in [0.29, 0.717) is 16.9 Å². The predicted octanol–water partition coefficient (Wildman–Crippen LogP) is 3.14. The highest BCUT2D eigenvalue weighted by atomic mass is 16.5. The molecule has 104 valence electrons. The lowest BCUT2D eigenvalue weighted by atomic mass is 10.1. The number of hydrogen-bond acceptors (Lipinski definition) is 3. The van der Waals surface area contributed by atoms with Crippen LogP contribution in [0.5, 0.6) is 5.75 Å². The standard InChI is InChI=1S/C17H18O3/c1-12-7-9-14(10-8-12)17(19)13(2)20-16-6-4-3-5-15(16)11-18/h3-10,13,18H,11H2,1-2H3. The number of ether oxygens (including phenoxy) is 1. The maximum atomic E-state index is 12.3. The van der Waals surface area contributed by atoms with E-state index in [1.165, 1.54) is 0 Å². The summed E-state index contributed by atoms with van der Waals surface area (Å²) < 4.78 is 5.67. The van der Waals surface area contributed by atoms with Gasteiger partial charge in [-0.25, -0.2) is 0 Å².